The zero-order chi connectivity index (χ0) is 22.9. The highest BCUT2D eigenvalue weighted by molar-refractivity contribution is 6.43. The van der Waals surface area contributed by atoms with Gasteiger partial charge >= 0.3 is 7.26 Å². The van der Waals surface area contributed by atoms with Gasteiger partial charge in [-0.25, -0.2) is 8.80 Å². The molecule has 0 saturated carbocycles. The lowest BCUT2D eigenvalue weighted by molar-refractivity contribution is -0.329. The van der Waals surface area contributed by atoms with Crippen LogP contribution in [0.2, 0.25) is 5.02 Å². The zero-order valence-electron chi connectivity index (χ0n) is 18.2. The Morgan fingerprint density at radius 2 is 1.94 bits per heavy atom. The van der Waals surface area contributed by atoms with Crippen molar-refractivity contribution in [2.45, 2.75) is 13.3 Å². The summed E-state index contributed by atoms with van der Waals surface area (Å²) in [6.45, 7) is 2.53. The van der Waals surface area contributed by atoms with E-state index in [0.717, 1.165) is 39.5 Å². The fraction of sp³-hybridized carbons (Fsp3) is 0.115. The van der Waals surface area contributed by atoms with E-state index in [1.165, 1.54) is 0 Å². The average Bonchev–Trinajstić information content (AvgIpc) is 3.42. The molecule has 1 aromatic heterocycles. The molecule has 5 rings (SSSR count). The third-order valence-electron chi connectivity index (χ3n) is 5.83. The molecule has 0 fully saturated rings. The molecule has 0 radical (unpaired) electrons. The Labute approximate surface area is 197 Å². The average molecular weight is 459 g/mol. The fourth-order valence-electron chi connectivity index (χ4n) is 4.39. The Kier molecular flexibility index (Phi) is 5.79. The maximum Gasteiger partial charge on any atom is 0.846 e. The van der Waals surface area contributed by atoms with Gasteiger partial charge in [-0.1, -0.05) is 35.9 Å². The molecule has 0 bridgehead atoms. The van der Waals surface area contributed by atoms with Gasteiger partial charge in [-0.2, -0.15) is 0 Å². The van der Waals surface area contributed by atoms with Gasteiger partial charge in [-0.05, 0) is 73.5 Å². The molecule has 0 unspecified atom stereocenters. The van der Waals surface area contributed by atoms with E-state index >= 15 is 4.32 Å². The van der Waals surface area contributed by atoms with Crippen LogP contribution >= 0.6 is 11.6 Å². The van der Waals surface area contributed by atoms with E-state index in [-0.39, 0.29) is 0 Å². The fourth-order valence-corrected chi connectivity index (χ4v) is 4.57. The van der Waals surface area contributed by atoms with Crippen LogP contribution in [-0.4, -0.2) is 29.0 Å². The molecular weight excluding hydrogens is 436 g/mol. The molecule has 2 N–H and O–H groups in total. The van der Waals surface area contributed by atoms with Crippen LogP contribution in [0.15, 0.2) is 72.4 Å². The summed E-state index contributed by atoms with van der Waals surface area (Å²) in [5.74, 6) is 1.40. The second-order valence-electron chi connectivity index (χ2n) is 8.06. The van der Waals surface area contributed by atoms with E-state index in [4.69, 9.17) is 22.1 Å². The van der Waals surface area contributed by atoms with Crippen molar-refractivity contribution in [2.75, 3.05) is 6.54 Å². The molecule has 0 atom stereocenters. The van der Waals surface area contributed by atoms with Crippen molar-refractivity contribution < 1.29 is 13.5 Å². The summed E-state index contributed by atoms with van der Waals surface area (Å²) >= 11 is 6.02. The highest BCUT2D eigenvalue weighted by Crippen LogP contribution is 2.36. The lowest BCUT2D eigenvalue weighted by Crippen LogP contribution is -2.39. The third-order valence-corrected chi connectivity index (χ3v) is 6.06. The number of halogens is 2. The molecule has 0 spiro atoms. The number of rotatable bonds is 6. The molecule has 0 aliphatic carbocycles. The Morgan fingerprint density at radius 1 is 1.12 bits per heavy atom. The summed E-state index contributed by atoms with van der Waals surface area (Å²) in [6, 6.07) is 17.0. The van der Waals surface area contributed by atoms with Gasteiger partial charge in [0, 0.05) is 28.4 Å². The van der Waals surface area contributed by atoms with Gasteiger partial charge in [0.05, 0.1) is 5.69 Å². The number of aryl methyl sites for hydroxylation is 1. The predicted octanol–water partition coefficient (Wildman–Crippen LogP) is 5.94. The van der Waals surface area contributed by atoms with Gasteiger partial charge in [0.15, 0.2) is 5.70 Å². The molecule has 164 valence electrons. The number of ether oxygens (including phenoxy) is 1. The first kappa shape index (κ1) is 21.5. The monoisotopic (exact) mass is 458 g/mol. The van der Waals surface area contributed by atoms with E-state index in [1.807, 2.05) is 73.7 Å². The number of hydrogen-bond acceptors (Lipinski definition) is 2. The summed E-state index contributed by atoms with van der Waals surface area (Å²) in [5.41, 5.74) is 11.6. The number of hydrogen-bond donors (Lipinski definition) is 1. The maximum atomic E-state index is 15.5. The summed E-state index contributed by atoms with van der Waals surface area (Å²) in [7, 11) is -1.30. The van der Waals surface area contributed by atoms with Gasteiger partial charge in [0.25, 0.3) is 0 Å². The zero-order valence-corrected chi connectivity index (χ0v) is 19.0. The molecule has 4 nitrogen and oxygen atoms in total. The Morgan fingerprint density at radius 3 is 2.70 bits per heavy atom. The molecule has 33 heavy (non-hydrogen) atoms. The Bertz CT molecular complexity index is 1340. The van der Waals surface area contributed by atoms with E-state index in [1.54, 1.807) is 27.3 Å². The number of allylic oxidation sites excluding steroid dienone is 2. The van der Waals surface area contributed by atoms with Gasteiger partial charge in [-0.3, -0.25) is 4.48 Å². The summed E-state index contributed by atoms with van der Waals surface area (Å²) in [6.07, 6.45) is 10.2. The molecule has 2 aliphatic rings. The lowest BCUT2D eigenvalue weighted by Gasteiger charge is -2.19. The minimum absolute atomic E-state index is 0.511. The molecule has 3 aromatic rings. The van der Waals surface area contributed by atoms with Crippen LogP contribution < -0.4 is 10.5 Å². The number of nitrogens with two attached hydrogens (primary N) is 1. The quantitative estimate of drug-likeness (QED) is 0.464. The second-order valence-corrected chi connectivity index (χ2v) is 8.50. The summed E-state index contributed by atoms with van der Waals surface area (Å²) in [5, 5.41) is 0.628. The van der Waals surface area contributed by atoms with Gasteiger partial charge in [0.1, 0.15) is 17.7 Å². The first-order chi connectivity index (χ1) is 16.0. The van der Waals surface area contributed by atoms with Crippen molar-refractivity contribution in [2.24, 2.45) is 5.73 Å². The topological polar surface area (TPSA) is 43.2 Å². The SMILES string of the molecule is Cc1cc(/C=C/c2ccc(Oc3cccc(Cl)c3)cc2)n2c1C(CCN)=C1C=CC=[N+]1B2F. The molecule has 3 heterocycles. The van der Waals surface area contributed by atoms with E-state index < -0.39 is 7.26 Å². The van der Waals surface area contributed by atoms with Gasteiger partial charge < -0.3 is 10.5 Å². The molecule has 0 amide bonds. The summed E-state index contributed by atoms with van der Waals surface area (Å²) in [4.78, 5) is 0. The number of nitrogens with zero attached hydrogens (tertiary/aromatic N) is 2. The largest absolute Gasteiger partial charge is 0.846 e. The van der Waals surface area contributed by atoms with Crippen molar-refractivity contribution in [1.29, 1.82) is 0 Å². The molecule has 7 heteroatoms. The van der Waals surface area contributed by atoms with E-state index in [2.05, 4.69) is 0 Å². The Hall–Kier alpha value is -3.35. The van der Waals surface area contributed by atoms with E-state index in [9.17, 15) is 0 Å². The standard InChI is InChI=1S/C26H23BClFN3O/c1-18-16-21(32-26(18)24(13-14-30)25-6-3-15-31(25)27(32)29)10-7-19-8-11-22(12-9-19)33-23-5-2-4-20(28)17-23/h2-12,15-17H,13-14,30H2,1H3/q+1/b10-7+. The maximum absolute atomic E-state index is 15.5. The number of benzene rings is 2. The van der Waals surface area contributed by atoms with Crippen LogP contribution in [0.5, 0.6) is 11.5 Å². The van der Waals surface area contributed by atoms with Crippen molar-refractivity contribution in [1.82, 2.24) is 4.48 Å². The molecule has 0 saturated heterocycles. The molecule has 2 aliphatic heterocycles. The summed E-state index contributed by atoms with van der Waals surface area (Å²) < 4.78 is 24.8. The van der Waals surface area contributed by atoms with Crippen LogP contribution in [0, 0.1) is 6.92 Å². The normalized spacial score (nSPS) is 14.7. The van der Waals surface area contributed by atoms with Crippen molar-refractivity contribution in [3.63, 3.8) is 0 Å². The first-order valence-corrected chi connectivity index (χ1v) is 11.2. The smallest absolute Gasteiger partial charge is 0.457 e. The minimum atomic E-state index is -1.30. The first-order valence-electron chi connectivity index (χ1n) is 10.9. The van der Waals surface area contributed by atoms with Crippen molar-refractivity contribution in [3.05, 3.63) is 100.0 Å². The van der Waals surface area contributed by atoms with Crippen LogP contribution in [0.3, 0.4) is 0 Å². The number of fused-ring (bicyclic) bond motifs is 2. The van der Waals surface area contributed by atoms with E-state index in [0.29, 0.717) is 23.7 Å². The lowest BCUT2D eigenvalue weighted by atomic mass is 9.91. The van der Waals surface area contributed by atoms with Crippen LogP contribution in [0.25, 0.3) is 17.7 Å². The minimum Gasteiger partial charge on any atom is -0.457 e. The molecular formula is C26H23BClFN3O+. The van der Waals surface area contributed by atoms with Gasteiger partial charge in [0.2, 0.25) is 0 Å². The Balaban J connectivity index is 1.42. The third kappa shape index (κ3) is 4.08. The van der Waals surface area contributed by atoms with Gasteiger partial charge in [-0.15, -0.1) is 0 Å². The highest BCUT2D eigenvalue weighted by atomic mass is 35.5. The number of aromatic nitrogens is 1. The molecule has 2 aromatic carbocycles. The van der Waals surface area contributed by atoms with Crippen LogP contribution in [0.1, 0.15) is 28.9 Å². The highest BCUT2D eigenvalue weighted by Gasteiger charge is 2.48. The van der Waals surface area contributed by atoms with Crippen LogP contribution in [0.4, 0.5) is 4.32 Å². The van der Waals surface area contributed by atoms with Crippen molar-refractivity contribution in [3.8, 4) is 11.5 Å². The predicted molar refractivity (Wildman–Crippen MR) is 134 cm³/mol. The van der Waals surface area contributed by atoms with Crippen LogP contribution in [-0.2, 0) is 0 Å². The van der Waals surface area contributed by atoms with Crippen molar-refractivity contribution >= 4 is 42.8 Å². The second kappa shape index (κ2) is 8.89.